The molecule has 1 aliphatic rings. The Morgan fingerprint density at radius 1 is 1.20 bits per heavy atom. The van der Waals surface area contributed by atoms with Crippen LogP contribution in [0.1, 0.15) is 25.3 Å². The summed E-state index contributed by atoms with van der Waals surface area (Å²) in [6.07, 6.45) is 3.56. The number of carboxylic acids is 1. The third kappa shape index (κ3) is 4.36. The van der Waals surface area contributed by atoms with E-state index in [9.17, 15) is 18.7 Å². The van der Waals surface area contributed by atoms with Gasteiger partial charge in [-0.25, -0.2) is 18.7 Å². The minimum atomic E-state index is -1.00. The van der Waals surface area contributed by atoms with E-state index in [-0.39, 0.29) is 30.5 Å². The number of aromatic nitrogens is 5. The number of nitrogens with zero attached hydrogens (tertiary/aromatic N) is 6. The average molecular weight is 480 g/mol. The van der Waals surface area contributed by atoms with Crippen molar-refractivity contribution in [2.75, 3.05) is 18.0 Å². The molecule has 0 spiro atoms. The Morgan fingerprint density at radius 3 is 2.77 bits per heavy atom. The van der Waals surface area contributed by atoms with Crippen molar-refractivity contribution >= 4 is 11.8 Å². The molecule has 4 aromatic rings. The number of hydrogen-bond acceptors (Lipinski definition) is 7. The number of rotatable bonds is 6. The predicted octanol–water partition coefficient (Wildman–Crippen LogP) is 4.01. The van der Waals surface area contributed by atoms with Crippen LogP contribution < -0.4 is 4.90 Å². The highest BCUT2D eigenvalue weighted by Crippen LogP contribution is 2.33. The molecule has 180 valence electrons. The van der Waals surface area contributed by atoms with E-state index in [4.69, 9.17) is 4.52 Å². The Hall–Kier alpha value is -4.15. The summed E-state index contributed by atoms with van der Waals surface area (Å²) in [4.78, 5) is 21.9. The Balaban J connectivity index is 1.53. The molecule has 0 aliphatic carbocycles. The first-order chi connectivity index (χ1) is 16.8. The molecule has 0 radical (unpaired) electrons. The lowest BCUT2D eigenvalue weighted by Gasteiger charge is -2.38. The van der Waals surface area contributed by atoms with E-state index >= 15 is 0 Å². The molecule has 1 aromatic carbocycles. The van der Waals surface area contributed by atoms with Gasteiger partial charge in [0, 0.05) is 24.7 Å². The van der Waals surface area contributed by atoms with Gasteiger partial charge < -0.3 is 14.5 Å². The number of halogens is 2. The van der Waals surface area contributed by atoms with Gasteiger partial charge in [0.25, 0.3) is 0 Å². The fourth-order valence-corrected chi connectivity index (χ4v) is 4.28. The van der Waals surface area contributed by atoms with Crippen LogP contribution in [0.15, 0.2) is 53.4 Å². The molecule has 1 fully saturated rings. The molecule has 35 heavy (non-hydrogen) atoms. The molecule has 0 saturated carbocycles. The average Bonchev–Trinajstić information content (AvgIpc) is 3.51. The summed E-state index contributed by atoms with van der Waals surface area (Å²) in [5.41, 5.74) is 0.781. The summed E-state index contributed by atoms with van der Waals surface area (Å²) in [5.74, 6) is -1.77. The van der Waals surface area contributed by atoms with Crippen LogP contribution in [0.4, 0.5) is 14.6 Å². The lowest BCUT2D eigenvalue weighted by Crippen LogP contribution is -2.46. The molecular formula is C24H22F2N6O3. The van der Waals surface area contributed by atoms with Gasteiger partial charge in [0.15, 0.2) is 17.5 Å². The Kier molecular flexibility index (Phi) is 5.75. The first kappa shape index (κ1) is 22.6. The van der Waals surface area contributed by atoms with Crippen LogP contribution in [-0.4, -0.2) is 49.1 Å². The molecule has 9 nitrogen and oxygen atoms in total. The highest BCUT2D eigenvalue weighted by molar-refractivity contribution is 5.75. The molecule has 5 rings (SSSR count). The van der Waals surface area contributed by atoms with Crippen LogP contribution in [0, 0.1) is 17.0 Å². The maximum Gasteiger partial charge on any atom is 0.311 e. The number of hydrogen-bond donors (Lipinski definition) is 1. The van der Waals surface area contributed by atoms with Gasteiger partial charge in [0.05, 0.1) is 23.9 Å². The molecule has 0 bridgehead atoms. The second-order valence-electron chi connectivity index (χ2n) is 8.80. The number of piperidine rings is 1. The van der Waals surface area contributed by atoms with E-state index in [0.717, 1.165) is 6.20 Å². The van der Waals surface area contributed by atoms with Crippen LogP contribution in [0.5, 0.6) is 0 Å². The maximum absolute atomic E-state index is 14.8. The number of anilines is 1. The predicted molar refractivity (Wildman–Crippen MR) is 121 cm³/mol. The standard InChI is InChI=1S/C24H22F2N6O3/c1-24(23(33)34)8-4-9-31(14-24)22-17(26)12-27-21(28-22)19-11-20(18-7-10-35-30-18)32(29-19)13-15-5-2-3-6-16(15)25/h2-3,5-7,10-12H,4,8-9,13-14H2,1H3,(H,33,34). The summed E-state index contributed by atoms with van der Waals surface area (Å²) < 4.78 is 35.6. The lowest BCUT2D eigenvalue weighted by molar-refractivity contribution is -0.148. The zero-order chi connectivity index (χ0) is 24.6. The largest absolute Gasteiger partial charge is 0.481 e. The van der Waals surface area contributed by atoms with Crippen molar-refractivity contribution in [1.82, 2.24) is 24.9 Å². The Labute approximate surface area is 199 Å². The van der Waals surface area contributed by atoms with Gasteiger partial charge in [0.1, 0.15) is 23.5 Å². The van der Waals surface area contributed by atoms with Gasteiger partial charge in [-0.1, -0.05) is 23.4 Å². The van der Waals surface area contributed by atoms with Crippen molar-refractivity contribution in [3.8, 4) is 22.9 Å². The minimum absolute atomic E-state index is 0.0221. The highest BCUT2D eigenvalue weighted by Gasteiger charge is 2.39. The first-order valence-electron chi connectivity index (χ1n) is 11.1. The fraction of sp³-hybridized carbons (Fsp3) is 0.292. The molecule has 0 amide bonds. The van der Waals surface area contributed by atoms with Crippen molar-refractivity contribution in [3.05, 3.63) is 66.1 Å². The monoisotopic (exact) mass is 480 g/mol. The molecule has 11 heteroatoms. The molecule has 1 N–H and O–H groups in total. The number of benzene rings is 1. The molecule has 3 aromatic heterocycles. The van der Waals surface area contributed by atoms with Crippen molar-refractivity contribution < 1.29 is 23.2 Å². The van der Waals surface area contributed by atoms with E-state index in [1.807, 2.05) is 0 Å². The number of carboxylic acid groups (broad SMARTS) is 1. The van der Waals surface area contributed by atoms with E-state index in [2.05, 4.69) is 20.2 Å². The summed E-state index contributed by atoms with van der Waals surface area (Å²) >= 11 is 0. The smallest absolute Gasteiger partial charge is 0.311 e. The summed E-state index contributed by atoms with van der Waals surface area (Å²) in [6, 6.07) is 9.69. The molecular weight excluding hydrogens is 458 g/mol. The third-order valence-electron chi connectivity index (χ3n) is 6.23. The second-order valence-corrected chi connectivity index (χ2v) is 8.80. The van der Waals surface area contributed by atoms with E-state index in [1.165, 1.54) is 12.3 Å². The topological polar surface area (TPSA) is 110 Å². The van der Waals surface area contributed by atoms with E-state index in [0.29, 0.717) is 42.0 Å². The highest BCUT2D eigenvalue weighted by atomic mass is 19.1. The fourth-order valence-electron chi connectivity index (χ4n) is 4.28. The van der Waals surface area contributed by atoms with Crippen molar-refractivity contribution in [2.45, 2.75) is 26.3 Å². The second kappa shape index (κ2) is 8.90. The van der Waals surface area contributed by atoms with Crippen LogP contribution >= 0.6 is 0 Å². The third-order valence-corrected chi connectivity index (χ3v) is 6.23. The van der Waals surface area contributed by atoms with E-state index in [1.54, 1.807) is 46.8 Å². The number of carbonyl (C=O) groups is 1. The van der Waals surface area contributed by atoms with Gasteiger partial charge in [-0.05, 0) is 31.9 Å². The SMILES string of the molecule is CC1(C(=O)O)CCCN(c2nc(-c3cc(-c4ccon4)n(Cc4ccccc4F)n3)ncc2F)C1. The summed E-state index contributed by atoms with van der Waals surface area (Å²) in [7, 11) is 0. The molecule has 4 heterocycles. The maximum atomic E-state index is 14.8. The van der Waals surface area contributed by atoms with Crippen molar-refractivity contribution in [2.24, 2.45) is 5.41 Å². The van der Waals surface area contributed by atoms with E-state index < -0.39 is 17.2 Å². The molecule has 1 saturated heterocycles. The summed E-state index contributed by atoms with van der Waals surface area (Å²) in [6.45, 7) is 2.37. The molecule has 1 unspecified atom stereocenters. The lowest BCUT2D eigenvalue weighted by atomic mass is 9.82. The Morgan fingerprint density at radius 2 is 2.03 bits per heavy atom. The first-order valence-corrected chi connectivity index (χ1v) is 11.1. The zero-order valence-electron chi connectivity index (χ0n) is 18.9. The van der Waals surface area contributed by atoms with Gasteiger partial charge in [-0.15, -0.1) is 0 Å². The quantitative estimate of drug-likeness (QED) is 0.441. The molecule has 1 atom stereocenters. The van der Waals surface area contributed by atoms with Crippen molar-refractivity contribution in [1.29, 1.82) is 0 Å². The van der Waals surface area contributed by atoms with Gasteiger partial charge >= 0.3 is 5.97 Å². The minimum Gasteiger partial charge on any atom is -0.481 e. The molecule has 1 aliphatic heterocycles. The van der Waals surface area contributed by atoms with Crippen LogP contribution in [0.2, 0.25) is 0 Å². The zero-order valence-corrected chi connectivity index (χ0v) is 18.9. The van der Waals surface area contributed by atoms with Crippen molar-refractivity contribution in [3.63, 3.8) is 0 Å². The number of aliphatic carboxylic acids is 1. The summed E-state index contributed by atoms with van der Waals surface area (Å²) in [5, 5.41) is 18.1. The van der Waals surface area contributed by atoms with Gasteiger partial charge in [0.2, 0.25) is 0 Å². The Bertz CT molecular complexity index is 1370. The van der Waals surface area contributed by atoms with Crippen LogP contribution in [-0.2, 0) is 11.3 Å². The van der Waals surface area contributed by atoms with Crippen LogP contribution in [0.3, 0.4) is 0 Å². The normalized spacial score (nSPS) is 18.1. The van der Waals surface area contributed by atoms with Gasteiger partial charge in [-0.2, -0.15) is 5.10 Å². The van der Waals surface area contributed by atoms with Gasteiger partial charge in [-0.3, -0.25) is 9.48 Å². The van der Waals surface area contributed by atoms with Crippen LogP contribution in [0.25, 0.3) is 22.9 Å².